The smallest absolute Gasteiger partial charge is 0.290 e. The standard InChI is InChI=1S/C20H19N3O/c1-16-9-7-8-14-23(16)15-20(24)22-19-13-6-5-12-18(19)21-17-10-3-2-4-11-17/h2-14,21H,15H2,1H3/p+1. The van der Waals surface area contributed by atoms with Crippen LogP contribution in [0.15, 0.2) is 79.0 Å². The van der Waals surface area contributed by atoms with Gasteiger partial charge in [-0.3, -0.25) is 4.79 Å². The van der Waals surface area contributed by atoms with Crippen LogP contribution in [0.25, 0.3) is 0 Å². The monoisotopic (exact) mass is 318 g/mol. The number of rotatable bonds is 5. The summed E-state index contributed by atoms with van der Waals surface area (Å²) in [5.41, 5.74) is 3.66. The van der Waals surface area contributed by atoms with E-state index < -0.39 is 0 Å². The summed E-state index contributed by atoms with van der Waals surface area (Å²) in [7, 11) is 0. The molecule has 0 saturated heterocycles. The number of pyridine rings is 1. The minimum absolute atomic E-state index is 0.0587. The van der Waals surface area contributed by atoms with Gasteiger partial charge in [-0.15, -0.1) is 0 Å². The maximum atomic E-state index is 12.4. The average Bonchev–Trinajstić information content (AvgIpc) is 2.60. The van der Waals surface area contributed by atoms with E-state index in [9.17, 15) is 4.79 Å². The molecule has 0 fully saturated rings. The molecule has 4 heteroatoms. The molecule has 1 aromatic heterocycles. The molecule has 2 aromatic carbocycles. The Labute approximate surface area is 141 Å². The lowest BCUT2D eigenvalue weighted by Gasteiger charge is -2.12. The van der Waals surface area contributed by atoms with Crippen LogP contribution in [0.2, 0.25) is 0 Å². The first kappa shape index (κ1) is 15.7. The van der Waals surface area contributed by atoms with E-state index in [2.05, 4.69) is 10.6 Å². The Balaban J connectivity index is 1.73. The highest BCUT2D eigenvalue weighted by molar-refractivity contribution is 5.94. The summed E-state index contributed by atoms with van der Waals surface area (Å²) in [5.74, 6) is -0.0587. The van der Waals surface area contributed by atoms with Gasteiger partial charge in [0.1, 0.15) is 0 Å². The van der Waals surface area contributed by atoms with Gasteiger partial charge in [-0.1, -0.05) is 36.4 Å². The van der Waals surface area contributed by atoms with Crippen LogP contribution in [-0.2, 0) is 11.3 Å². The van der Waals surface area contributed by atoms with E-state index in [1.807, 2.05) is 90.5 Å². The van der Waals surface area contributed by atoms with Gasteiger partial charge in [-0.2, -0.15) is 4.57 Å². The zero-order valence-corrected chi connectivity index (χ0v) is 13.6. The van der Waals surface area contributed by atoms with Gasteiger partial charge in [0.25, 0.3) is 5.91 Å². The lowest BCUT2D eigenvalue weighted by Crippen LogP contribution is -2.42. The van der Waals surface area contributed by atoms with Crippen molar-refractivity contribution in [3.05, 3.63) is 84.7 Å². The second kappa shape index (κ2) is 7.42. The second-order valence-electron chi connectivity index (χ2n) is 5.55. The first-order chi connectivity index (χ1) is 11.7. The molecule has 2 N–H and O–H groups in total. The molecule has 0 spiro atoms. The SMILES string of the molecule is Cc1cccc[n+]1CC(=O)Nc1ccccc1Nc1ccccc1. The summed E-state index contributed by atoms with van der Waals surface area (Å²) in [4.78, 5) is 12.4. The number of nitrogens with one attached hydrogen (secondary N) is 2. The highest BCUT2D eigenvalue weighted by atomic mass is 16.1. The third-order valence-corrected chi connectivity index (χ3v) is 3.74. The van der Waals surface area contributed by atoms with E-state index in [1.54, 1.807) is 0 Å². The van der Waals surface area contributed by atoms with Crippen LogP contribution >= 0.6 is 0 Å². The lowest BCUT2D eigenvalue weighted by atomic mass is 10.2. The van der Waals surface area contributed by atoms with E-state index in [4.69, 9.17) is 0 Å². The van der Waals surface area contributed by atoms with Gasteiger partial charge in [-0.25, -0.2) is 0 Å². The molecule has 24 heavy (non-hydrogen) atoms. The van der Waals surface area contributed by atoms with Gasteiger partial charge in [0, 0.05) is 24.7 Å². The van der Waals surface area contributed by atoms with E-state index in [1.165, 1.54) is 0 Å². The highest BCUT2D eigenvalue weighted by Gasteiger charge is 2.13. The summed E-state index contributed by atoms with van der Waals surface area (Å²) < 4.78 is 1.92. The van der Waals surface area contributed by atoms with Crippen LogP contribution in [-0.4, -0.2) is 5.91 Å². The predicted molar refractivity (Wildman–Crippen MR) is 96.2 cm³/mol. The van der Waals surface area contributed by atoms with Gasteiger partial charge in [0.2, 0.25) is 6.54 Å². The van der Waals surface area contributed by atoms with Crippen molar-refractivity contribution < 1.29 is 9.36 Å². The first-order valence-electron chi connectivity index (χ1n) is 7.88. The number of aromatic nitrogens is 1. The average molecular weight is 318 g/mol. The van der Waals surface area contributed by atoms with Crippen molar-refractivity contribution in [1.82, 2.24) is 0 Å². The molecule has 0 atom stereocenters. The summed E-state index contributed by atoms with van der Waals surface area (Å²) in [6.07, 6.45) is 1.91. The Morgan fingerprint density at radius 2 is 1.54 bits per heavy atom. The van der Waals surface area contributed by atoms with Crippen molar-refractivity contribution in [1.29, 1.82) is 0 Å². The first-order valence-corrected chi connectivity index (χ1v) is 7.88. The van der Waals surface area contributed by atoms with Crippen molar-refractivity contribution in [2.45, 2.75) is 13.5 Å². The van der Waals surface area contributed by atoms with Gasteiger partial charge in [0.15, 0.2) is 11.9 Å². The van der Waals surface area contributed by atoms with Crippen molar-refractivity contribution in [3.8, 4) is 0 Å². The summed E-state index contributed by atoms with van der Waals surface area (Å²) in [6.45, 7) is 2.27. The Morgan fingerprint density at radius 3 is 2.29 bits per heavy atom. The van der Waals surface area contributed by atoms with E-state index >= 15 is 0 Å². The molecule has 0 bridgehead atoms. The summed E-state index contributed by atoms with van der Waals surface area (Å²) >= 11 is 0. The van der Waals surface area contributed by atoms with Crippen LogP contribution in [0, 0.1) is 6.92 Å². The third-order valence-electron chi connectivity index (χ3n) is 3.74. The minimum atomic E-state index is -0.0587. The third kappa shape index (κ3) is 3.98. The van der Waals surface area contributed by atoms with Crippen molar-refractivity contribution >= 4 is 23.0 Å². The Bertz CT molecular complexity index is 831. The number of aryl methyl sites for hydroxylation is 1. The molecule has 0 saturated carbocycles. The molecule has 0 aliphatic heterocycles. The maximum absolute atomic E-state index is 12.4. The minimum Gasteiger partial charge on any atom is -0.354 e. The van der Waals surface area contributed by atoms with Crippen molar-refractivity contribution in [2.24, 2.45) is 0 Å². The number of hydrogen-bond donors (Lipinski definition) is 2. The Morgan fingerprint density at radius 1 is 0.875 bits per heavy atom. The number of hydrogen-bond acceptors (Lipinski definition) is 2. The van der Waals surface area contributed by atoms with Gasteiger partial charge in [0.05, 0.1) is 11.4 Å². The zero-order valence-electron chi connectivity index (χ0n) is 13.6. The number of nitrogens with zero attached hydrogens (tertiary/aromatic N) is 1. The molecule has 120 valence electrons. The summed E-state index contributed by atoms with van der Waals surface area (Å²) in [6, 6.07) is 23.4. The molecular weight excluding hydrogens is 298 g/mol. The van der Waals surface area contributed by atoms with Crippen LogP contribution in [0.5, 0.6) is 0 Å². The fraction of sp³-hybridized carbons (Fsp3) is 0.100. The van der Waals surface area contributed by atoms with Gasteiger partial charge >= 0.3 is 0 Å². The van der Waals surface area contributed by atoms with Crippen LogP contribution < -0.4 is 15.2 Å². The number of carbonyl (C=O) groups is 1. The molecule has 3 rings (SSSR count). The number of carbonyl (C=O) groups excluding carboxylic acids is 1. The molecular formula is C20H20N3O+. The lowest BCUT2D eigenvalue weighted by molar-refractivity contribution is -0.690. The summed E-state index contributed by atoms with van der Waals surface area (Å²) in [5, 5.41) is 6.32. The number of amides is 1. The molecule has 0 aliphatic rings. The zero-order chi connectivity index (χ0) is 16.8. The van der Waals surface area contributed by atoms with Crippen LogP contribution in [0.3, 0.4) is 0 Å². The van der Waals surface area contributed by atoms with E-state index in [0.29, 0.717) is 0 Å². The molecule has 4 nitrogen and oxygen atoms in total. The Hall–Kier alpha value is -3.14. The topological polar surface area (TPSA) is 45.0 Å². The van der Waals surface area contributed by atoms with Crippen molar-refractivity contribution in [2.75, 3.05) is 10.6 Å². The normalized spacial score (nSPS) is 10.2. The van der Waals surface area contributed by atoms with Crippen LogP contribution in [0.1, 0.15) is 5.69 Å². The second-order valence-corrected chi connectivity index (χ2v) is 5.55. The van der Waals surface area contributed by atoms with Gasteiger partial charge in [-0.05, 0) is 24.3 Å². The fourth-order valence-corrected chi connectivity index (χ4v) is 2.46. The predicted octanol–water partition coefficient (Wildman–Crippen LogP) is 3.66. The maximum Gasteiger partial charge on any atom is 0.290 e. The molecule has 3 aromatic rings. The molecule has 1 amide bonds. The molecule has 1 heterocycles. The number of para-hydroxylation sites is 3. The van der Waals surface area contributed by atoms with E-state index in [0.717, 1.165) is 22.8 Å². The number of anilines is 3. The molecule has 0 aliphatic carbocycles. The highest BCUT2D eigenvalue weighted by Crippen LogP contribution is 2.24. The molecule has 0 unspecified atom stereocenters. The van der Waals surface area contributed by atoms with Crippen LogP contribution in [0.4, 0.5) is 17.1 Å². The van der Waals surface area contributed by atoms with Crippen molar-refractivity contribution in [3.63, 3.8) is 0 Å². The Kier molecular flexibility index (Phi) is 4.87. The number of benzene rings is 2. The fourth-order valence-electron chi connectivity index (χ4n) is 2.46. The quantitative estimate of drug-likeness (QED) is 0.705. The van der Waals surface area contributed by atoms with Gasteiger partial charge < -0.3 is 10.6 Å². The van der Waals surface area contributed by atoms with E-state index in [-0.39, 0.29) is 12.5 Å². The molecule has 0 radical (unpaired) electrons. The largest absolute Gasteiger partial charge is 0.354 e.